The zero-order valence-electron chi connectivity index (χ0n) is 14.7. The van der Waals surface area contributed by atoms with Crippen molar-refractivity contribution < 1.29 is 4.74 Å². The Hall–Kier alpha value is -1.23. The zero-order chi connectivity index (χ0) is 17.6. The summed E-state index contributed by atoms with van der Waals surface area (Å²) in [5.41, 5.74) is 3.56. The van der Waals surface area contributed by atoms with Crippen molar-refractivity contribution in [1.29, 1.82) is 0 Å². The molecule has 0 aliphatic heterocycles. The maximum Gasteiger partial charge on any atom is 0.0491 e. The second-order valence-electron chi connectivity index (χ2n) is 6.06. The minimum absolute atomic E-state index is 0. The summed E-state index contributed by atoms with van der Waals surface area (Å²) in [5, 5.41) is 6.12. The molecule has 0 atom stereocenters. The van der Waals surface area contributed by atoms with Crippen LogP contribution in [0.25, 0.3) is 10.9 Å². The van der Waals surface area contributed by atoms with Crippen LogP contribution in [0, 0.1) is 0 Å². The van der Waals surface area contributed by atoms with Gasteiger partial charge in [0.25, 0.3) is 0 Å². The fourth-order valence-corrected chi connectivity index (χ4v) is 3.46. The number of fused-ring (bicyclic) bond motifs is 1. The first kappa shape index (κ1) is 21.1. The number of aromatic nitrogens is 1. The van der Waals surface area contributed by atoms with Crippen molar-refractivity contribution >= 4 is 46.5 Å². The summed E-state index contributed by atoms with van der Waals surface area (Å²) >= 11 is 12.4. The molecular formula is C20H23Cl3N2O. The number of methoxy groups -OCH3 is 1. The molecule has 0 spiro atoms. The summed E-state index contributed by atoms with van der Waals surface area (Å²) in [5.74, 6) is 0. The maximum absolute atomic E-state index is 6.35. The molecule has 1 heterocycles. The van der Waals surface area contributed by atoms with Crippen LogP contribution >= 0.6 is 35.6 Å². The number of hydrogen-bond acceptors (Lipinski definition) is 2. The first-order chi connectivity index (χ1) is 12.2. The van der Waals surface area contributed by atoms with Gasteiger partial charge in [-0.3, -0.25) is 0 Å². The van der Waals surface area contributed by atoms with Crippen molar-refractivity contribution in [3.05, 3.63) is 69.8 Å². The molecule has 3 aromatic rings. The molecule has 0 amide bonds. The monoisotopic (exact) mass is 412 g/mol. The molecule has 6 heteroatoms. The van der Waals surface area contributed by atoms with Gasteiger partial charge >= 0.3 is 0 Å². The smallest absolute Gasteiger partial charge is 0.0491 e. The van der Waals surface area contributed by atoms with Gasteiger partial charge in [-0.05, 0) is 42.3 Å². The van der Waals surface area contributed by atoms with Crippen molar-refractivity contribution in [3.8, 4) is 0 Å². The number of nitrogens with zero attached hydrogens (tertiary/aromatic N) is 1. The lowest BCUT2D eigenvalue weighted by molar-refractivity contribution is 0.194. The molecule has 0 saturated carbocycles. The minimum atomic E-state index is 0. The van der Waals surface area contributed by atoms with Gasteiger partial charge in [-0.1, -0.05) is 47.5 Å². The van der Waals surface area contributed by atoms with Gasteiger partial charge in [0.2, 0.25) is 0 Å². The van der Waals surface area contributed by atoms with Crippen LogP contribution in [-0.2, 0) is 17.8 Å². The highest BCUT2D eigenvalue weighted by molar-refractivity contribution is 6.35. The summed E-state index contributed by atoms with van der Waals surface area (Å²) in [7, 11) is 1.73. The highest BCUT2D eigenvalue weighted by Gasteiger charge is 2.10. The fraction of sp³-hybridized carbons (Fsp3) is 0.300. The average molecular weight is 414 g/mol. The van der Waals surface area contributed by atoms with Crippen molar-refractivity contribution in [3.63, 3.8) is 0 Å². The lowest BCUT2D eigenvalue weighted by atomic mass is 10.2. The Morgan fingerprint density at radius 2 is 1.88 bits per heavy atom. The van der Waals surface area contributed by atoms with Crippen LogP contribution in [0.2, 0.25) is 10.0 Å². The molecule has 0 bridgehead atoms. The Kier molecular flexibility index (Phi) is 8.26. The van der Waals surface area contributed by atoms with Gasteiger partial charge < -0.3 is 14.6 Å². The second-order valence-corrected chi connectivity index (χ2v) is 6.90. The topological polar surface area (TPSA) is 26.2 Å². The van der Waals surface area contributed by atoms with E-state index in [0.717, 1.165) is 38.2 Å². The number of para-hydroxylation sites is 1. The minimum Gasteiger partial charge on any atom is -0.385 e. The number of benzene rings is 2. The van der Waals surface area contributed by atoms with Gasteiger partial charge in [0.1, 0.15) is 0 Å². The molecular weight excluding hydrogens is 391 g/mol. The first-order valence-electron chi connectivity index (χ1n) is 8.39. The van der Waals surface area contributed by atoms with Gasteiger partial charge in [0.15, 0.2) is 0 Å². The normalized spacial score (nSPS) is 10.9. The van der Waals surface area contributed by atoms with Gasteiger partial charge in [-0.2, -0.15) is 0 Å². The standard InChI is InChI=1S/C20H22Cl2N2O.ClH/c1-25-10-4-9-23-12-16-14-24(20-6-3-2-5-18(16)20)13-15-7-8-17(21)11-19(15)22;/h2-3,5-8,11,14,23H,4,9-10,12-13H2,1H3;1H. The fourth-order valence-electron chi connectivity index (χ4n) is 2.99. The number of hydrogen-bond donors (Lipinski definition) is 1. The molecule has 3 rings (SSSR count). The molecule has 0 unspecified atom stereocenters. The first-order valence-corrected chi connectivity index (χ1v) is 9.15. The van der Waals surface area contributed by atoms with Crippen LogP contribution in [0.3, 0.4) is 0 Å². The zero-order valence-corrected chi connectivity index (χ0v) is 17.0. The Morgan fingerprint density at radius 3 is 2.65 bits per heavy atom. The van der Waals surface area contributed by atoms with E-state index < -0.39 is 0 Å². The lowest BCUT2D eigenvalue weighted by Crippen LogP contribution is -2.15. The van der Waals surface area contributed by atoms with E-state index in [-0.39, 0.29) is 12.4 Å². The predicted molar refractivity (Wildman–Crippen MR) is 113 cm³/mol. The van der Waals surface area contributed by atoms with Gasteiger partial charge in [-0.15, -0.1) is 12.4 Å². The molecule has 140 valence electrons. The van der Waals surface area contributed by atoms with E-state index in [1.165, 1.54) is 16.5 Å². The molecule has 0 radical (unpaired) electrons. The maximum atomic E-state index is 6.35. The second kappa shape index (κ2) is 10.2. The van der Waals surface area contributed by atoms with Crippen LogP contribution < -0.4 is 5.32 Å². The number of ether oxygens (including phenoxy) is 1. The molecule has 0 aliphatic rings. The van der Waals surface area contributed by atoms with Crippen LogP contribution in [0.4, 0.5) is 0 Å². The summed E-state index contributed by atoms with van der Waals surface area (Å²) < 4.78 is 7.34. The molecule has 26 heavy (non-hydrogen) atoms. The van der Waals surface area contributed by atoms with Crippen molar-refractivity contribution in [1.82, 2.24) is 9.88 Å². The van der Waals surface area contributed by atoms with Crippen molar-refractivity contribution in [2.24, 2.45) is 0 Å². The Labute approximate surface area is 170 Å². The van der Waals surface area contributed by atoms with E-state index in [2.05, 4.69) is 40.3 Å². The summed E-state index contributed by atoms with van der Waals surface area (Å²) in [6.45, 7) is 3.28. The van der Waals surface area contributed by atoms with Gasteiger partial charge in [-0.25, -0.2) is 0 Å². The number of halogens is 3. The third kappa shape index (κ3) is 5.15. The Bertz CT molecular complexity index is 848. The molecule has 2 aromatic carbocycles. The molecule has 3 nitrogen and oxygen atoms in total. The number of nitrogens with one attached hydrogen (secondary N) is 1. The van der Waals surface area contributed by atoms with Gasteiger partial charge in [0, 0.05) is 54.0 Å². The summed E-state index contributed by atoms with van der Waals surface area (Å²) in [4.78, 5) is 0. The predicted octanol–water partition coefficient (Wildman–Crippen LogP) is 5.54. The molecule has 0 aliphatic carbocycles. The number of rotatable bonds is 8. The van der Waals surface area contributed by atoms with E-state index >= 15 is 0 Å². The van der Waals surface area contributed by atoms with Crippen molar-refractivity contribution in [2.45, 2.75) is 19.5 Å². The summed E-state index contributed by atoms with van der Waals surface area (Å²) in [6.07, 6.45) is 3.22. The van der Waals surface area contributed by atoms with Crippen LogP contribution in [0.1, 0.15) is 17.5 Å². The largest absolute Gasteiger partial charge is 0.385 e. The van der Waals surface area contributed by atoms with E-state index in [9.17, 15) is 0 Å². The van der Waals surface area contributed by atoms with Crippen LogP contribution in [0.15, 0.2) is 48.7 Å². The quantitative estimate of drug-likeness (QED) is 0.490. The van der Waals surface area contributed by atoms with E-state index in [0.29, 0.717) is 10.0 Å². The van der Waals surface area contributed by atoms with Crippen LogP contribution in [0.5, 0.6) is 0 Å². The highest BCUT2D eigenvalue weighted by atomic mass is 35.5. The van der Waals surface area contributed by atoms with Gasteiger partial charge in [0.05, 0.1) is 0 Å². The van der Waals surface area contributed by atoms with E-state index in [1.807, 2.05) is 12.1 Å². The Morgan fingerprint density at radius 1 is 1.08 bits per heavy atom. The third-order valence-corrected chi connectivity index (χ3v) is 4.83. The molecule has 0 fully saturated rings. The van der Waals surface area contributed by atoms with E-state index in [1.54, 1.807) is 13.2 Å². The Balaban J connectivity index is 0.00000243. The molecule has 1 aromatic heterocycles. The molecule has 1 N–H and O–H groups in total. The van der Waals surface area contributed by atoms with Crippen LogP contribution in [-0.4, -0.2) is 24.8 Å². The lowest BCUT2D eigenvalue weighted by Gasteiger charge is -2.08. The third-order valence-electron chi connectivity index (χ3n) is 4.24. The van der Waals surface area contributed by atoms with Crippen molar-refractivity contribution in [2.75, 3.05) is 20.3 Å². The summed E-state index contributed by atoms with van der Waals surface area (Å²) in [6, 6.07) is 14.1. The van der Waals surface area contributed by atoms with E-state index in [4.69, 9.17) is 27.9 Å². The highest BCUT2D eigenvalue weighted by Crippen LogP contribution is 2.26. The molecule has 0 saturated heterocycles. The SMILES string of the molecule is COCCCNCc1cn(Cc2ccc(Cl)cc2Cl)c2ccccc12.Cl. The average Bonchev–Trinajstić information content (AvgIpc) is 2.95.